The maximum absolute atomic E-state index is 12.3. The molecule has 0 bridgehead atoms. The number of nitrogens with zero attached hydrogens (tertiary/aromatic N) is 2. The molecule has 0 N–H and O–H groups in total. The Labute approximate surface area is 110 Å². The molecule has 0 amide bonds. The van der Waals surface area contributed by atoms with Crippen LogP contribution in [0.3, 0.4) is 0 Å². The number of ether oxygens (including phenoxy) is 1. The van der Waals surface area contributed by atoms with Gasteiger partial charge in [0.25, 0.3) is 10.0 Å². The van der Waals surface area contributed by atoms with Crippen molar-refractivity contribution in [2.75, 3.05) is 6.61 Å². The Bertz CT molecular complexity index is 638. The molecule has 0 saturated heterocycles. The van der Waals surface area contributed by atoms with E-state index in [4.69, 9.17) is 16.3 Å². The van der Waals surface area contributed by atoms with Gasteiger partial charge >= 0.3 is 0 Å². The molecule has 7 heteroatoms. The first-order chi connectivity index (χ1) is 8.55. The van der Waals surface area contributed by atoms with Crippen LogP contribution in [0, 0.1) is 0 Å². The summed E-state index contributed by atoms with van der Waals surface area (Å²) in [4.78, 5) is 0.000509. The Morgan fingerprint density at radius 2 is 2.22 bits per heavy atom. The second kappa shape index (κ2) is 4.99. The van der Waals surface area contributed by atoms with Crippen LogP contribution in [0.4, 0.5) is 0 Å². The summed E-state index contributed by atoms with van der Waals surface area (Å²) >= 11 is 5.83. The Kier molecular flexibility index (Phi) is 3.58. The average Bonchev–Trinajstić information content (AvgIpc) is 2.86. The lowest BCUT2D eigenvalue weighted by atomic mass is 10.3. The summed E-state index contributed by atoms with van der Waals surface area (Å²) < 4.78 is 30.8. The second-order valence-corrected chi connectivity index (χ2v) is 5.61. The zero-order chi connectivity index (χ0) is 13.2. The minimum Gasteiger partial charge on any atom is -0.492 e. The van der Waals surface area contributed by atoms with E-state index in [0.717, 1.165) is 4.09 Å². The predicted molar refractivity (Wildman–Crippen MR) is 67.4 cm³/mol. The highest BCUT2D eigenvalue weighted by Gasteiger charge is 2.22. The maximum Gasteiger partial charge on any atom is 0.286 e. The molecule has 0 saturated carbocycles. The molecule has 18 heavy (non-hydrogen) atoms. The Hall–Kier alpha value is -1.53. The molecule has 0 fully saturated rings. The largest absolute Gasteiger partial charge is 0.492 e. The molecular weight excluding hydrogens is 276 g/mol. The lowest BCUT2D eigenvalue weighted by Gasteiger charge is -2.11. The summed E-state index contributed by atoms with van der Waals surface area (Å²) in [6.07, 6.45) is 2.74. The molecule has 0 unspecified atom stereocenters. The van der Waals surface area contributed by atoms with Gasteiger partial charge in [0.1, 0.15) is 10.6 Å². The van der Waals surface area contributed by atoms with Crippen molar-refractivity contribution < 1.29 is 13.2 Å². The quantitative estimate of drug-likeness (QED) is 0.864. The highest BCUT2D eigenvalue weighted by Crippen LogP contribution is 2.28. The first kappa shape index (κ1) is 12.9. The highest BCUT2D eigenvalue weighted by atomic mass is 35.5. The molecule has 1 aromatic carbocycles. The van der Waals surface area contributed by atoms with Crippen LogP contribution in [0.15, 0.2) is 41.6 Å². The standard InChI is InChI=1S/C11H11ClN2O3S/c1-2-17-10-5-4-9(12)8-11(10)18(15,16)14-7-3-6-13-14/h3-8H,2H2,1H3. The third-order valence-corrected chi connectivity index (χ3v) is 4.03. The molecule has 1 aromatic heterocycles. The Balaban J connectivity index is 2.59. The maximum atomic E-state index is 12.3. The highest BCUT2D eigenvalue weighted by molar-refractivity contribution is 7.90. The van der Waals surface area contributed by atoms with Crippen molar-refractivity contribution >= 4 is 21.6 Å². The fourth-order valence-electron chi connectivity index (χ4n) is 1.46. The van der Waals surface area contributed by atoms with Crippen LogP contribution in [0.5, 0.6) is 5.75 Å². The minimum absolute atomic E-state index is 0.000509. The van der Waals surface area contributed by atoms with Gasteiger partial charge in [0.05, 0.1) is 12.8 Å². The summed E-state index contributed by atoms with van der Waals surface area (Å²) in [5.74, 6) is 0.261. The van der Waals surface area contributed by atoms with Crippen LogP contribution >= 0.6 is 11.6 Å². The SMILES string of the molecule is CCOc1ccc(Cl)cc1S(=O)(=O)n1cccn1. The van der Waals surface area contributed by atoms with Gasteiger partial charge in [0, 0.05) is 11.2 Å². The van der Waals surface area contributed by atoms with Gasteiger partial charge in [-0.15, -0.1) is 0 Å². The van der Waals surface area contributed by atoms with Crippen molar-refractivity contribution in [1.29, 1.82) is 0 Å². The van der Waals surface area contributed by atoms with Crippen LogP contribution in [-0.4, -0.2) is 24.2 Å². The van der Waals surface area contributed by atoms with Gasteiger partial charge in [0.15, 0.2) is 0 Å². The van der Waals surface area contributed by atoms with Crippen molar-refractivity contribution in [2.24, 2.45) is 0 Å². The third-order valence-electron chi connectivity index (χ3n) is 2.21. The van der Waals surface area contributed by atoms with E-state index < -0.39 is 10.0 Å². The van der Waals surface area contributed by atoms with Gasteiger partial charge in [-0.25, -0.2) is 0 Å². The van der Waals surface area contributed by atoms with E-state index in [9.17, 15) is 8.42 Å². The van der Waals surface area contributed by atoms with Crippen LogP contribution in [0.1, 0.15) is 6.92 Å². The Morgan fingerprint density at radius 1 is 1.44 bits per heavy atom. The Morgan fingerprint density at radius 3 is 2.83 bits per heavy atom. The molecule has 2 aromatic rings. The monoisotopic (exact) mass is 286 g/mol. The molecule has 0 spiro atoms. The van der Waals surface area contributed by atoms with Crippen LogP contribution in [0.2, 0.25) is 5.02 Å². The first-order valence-electron chi connectivity index (χ1n) is 5.23. The van der Waals surface area contributed by atoms with Gasteiger partial charge in [-0.3, -0.25) is 0 Å². The fraction of sp³-hybridized carbons (Fsp3) is 0.182. The molecule has 1 heterocycles. The molecule has 0 aliphatic heterocycles. The molecule has 5 nitrogen and oxygen atoms in total. The van der Waals surface area contributed by atoms with Crippen LogP contribution in [0.25, 0.3) is 0 Å². The van der Waals surface area contributed by atoms with E-state index in [1.54, 1.807) is 13.0 Å². The van der Waals surface area contributed by atoms with Crippen molar-refractivity contribution in [2.45, 2.75) is 11.8 Å². The molecule has 0 atom stereocenters. The molecule has 0 radical (unpaired) electrons. The summed E-state index contributed by atoms with van der Waals surface area (Å²) in [5, 5.41) is 4.05. The van der Waals surface area contributed by atoms with Crippen molar-refractivity contribution in [3.63, 3.8) is 0 Å². The molecule has 96 valence electrons. The third kappa shape index (κ3) is 2.34. The van der Waals surface area contributed by atoms with E-state index in [1.807, 2.05) is 0 Å². The summed E-state index contributed by atoms with van der Waals surface area (Å²) in [5.41, 5.74) is 0. The van der Waals surface area contributed by atoms with Crippen molar-refractivity contribution in [1.82, 2.24) is 9.19 Å². The molecule has 0 aliphatic carbocycles. The zero-order valence-corrected chi connectivity index (χ0v) is 11.1. The minimum atomic E-state index is -3.77. The fourth-order valence-corrected chi connectivity index (χ4v) is 2.96. The molecular formula is C11H11ClN2O3S. The van der Waals surface area contributed by atoms with Gasteiger partial charge in [0.2, 0.25) is 0 Å². The number of halogens is 1. The average molecular weight is 287 g/mol. The molecule has 0 aliphatic rings. The van der Waals surface area contributed by atoms with Gasteiger partial charge in [-0.05, 0) is 31.2 Å². The topological polar surface area (TPSA) is 61.2 Å². The number of benzene rings is 1. The van der Waals surface area contributed by atoms with Gasteiger partial charge in [-0.2, -0.15) is 17.6 Å². The number of hydrogen-bond donors (Lipinski definition) is 0. The summed E-state index contributed by atoms with van der Waals surface area (Å²) in [7, 11) is -3.77. The van der Waals surface area contributed by atoms with E-state index in [1.165, 1.54) is 30.6 Å². The van der Waals surface area contributed by atoms with Crippen molar-refractivity contribution in [3.05, 3.63) is 41.7 Å². The van der Waals surface area contributed by atoms with E-state index in [0.29, 0.717) is 11.6 Å². The van der Waals surface area contributed by atoms with Gasteiger partial charge in [-0.1, -0.05) is 11.6 Å². The van der Waals surface area contributed by atoms with E-state index in [2.05, 4.69) is 5.10 Å². The van der Waals surface area contributed by atoms with E-state index >= 15 is 0 Å². The lowest BCUT2D eigenvalue weighted by Crippen LogP contribution is -2.15. The predicted octanol–water partition coefficient (Wildman–Crippen LogP) is 2.17. The zero-order valence-electron chi connectivity index (χ0n) is 9.58. The number of rotatable bonds is 4. The molecule has 2 rings (SSSR count). The van der Waals surface area contributed by atoms with Crippen LogP contribution in [-0.2, 0) is 10.0 Å². The normalized spacial score (nSPS) is 11.4. The smallest absolute Gasteiger partial charge is 0.286 e. The first-order valence-corrected chi connectivity index (χ1v) is 7.05. The van der Waals surface area contributed by atoms with E-state index in [-0.39, 0.29) is 10.6 Å². The summed E-state index contributed by atoms with van der Waals surface area (Å²) in [6.45, 7) is 2.14. The lowest BCUT2D eigenvalue weighted by molar-refractivity contribution is 0.331. The van der Waals surface area contributed by atoms with Gasteiger partial charge < -0.3 is 4.74 Å². The van der Waals surface area contributed by atoms with Crippen LogP contribution < -0.4 is 4.74 Å². The summed E-state index contributed by atoms with van der Waals surface area (Å²) in [6, 6.07) is 5.99. The second-order valence-electron chi connectivity index (χ2n) is 3.41. The number of aromatic nitrogens is 2. The number of hydrogen-bond acceptors (Lipinski definition) is 4. The van der Waals surface area contributed by atoms with Crippen molar-refractivity contribution in [3.8, 4) is 5.75 Å².